The Morgan fingerprint density at radius 2 is 1.69 bits per heavy atom. The molecule has 1 aromatic carbocycles. The van der Waals surface area contributed by atoms with Gasteiger partial charge in [-0.25, -0.2) is 13.9 Å². The summed E-state index contributed by atoms with van der Waals surface area (Å²) < 4.78 is 44.5. The second-order valence-corrected chi connectivity index (χ2v) is 12.6. The number of phosphoric acid groups is 2. The molecule has 5 N–H and O–H groups in total. The van der Waals surface area contributed by atoms with Crippen LogP contribution in [-0.4, -0.2) is 61.0 Å². The maximum atomic E-state index is 12.6. The molecule has 1 aliphatic heterocycles. The molecule has 0 bridgehead atoms. The van der Waals surface area contributed by atoms with Crippen molar-refractivity contribution in [3.8, 4) is 0 Å². The van der Waals surface area contributed by atoms with Crippen LogP contribution >= 0.6 is 15.6 Å². The maximum Gasteiger partial charge on any atom is 0.481 e. The van der Waals surface area contributed by atoms with Crippen molar-refractivity contribution in [3.05, 3.63) is 58.6 Å². The zero-order valence-electron chi connectivity index (χ0n) is 21.0. The van der Waals surface area contributed by atoms with Gasteiger partial charge in [0.15, 0.2) is 6.23 Å². The van der Waals surface area contributed by atoms with Crippen molar-refractivity contribution in [1.29, 1.82) is 0 Å². The van der Waals surface area contributed by atoms with Crippen LogP contribution in [0.2, 0.25) is 0 Å². The fraction of sp³-hybridized carbons (Fsp3) is 0.565. The molecule has 0 radical (unpaired) electrons. The lowest BCUT2D eigenvalue weighted by molar-refractivity contribution is -0.0542. The van der Waals surface area contributed by atoms with E-state index in [1.54, 1.807) is 36.4 Å². The molecule has 16 heteroatoms. The zero-order chi connectivity index (χ0) is 28.0. The van der Waals surface area contributed by atoms with Gasteiger partial charge in [-0.15, -0.1) is 0 Å². The number of aromatic nitrogens is 2. The number of aliphatic hydroxyl groups excluding tert-OH is 2. The van der Waals surface area contributed by atoms with E-state index in [1.165, 1.54) is 25.5 Å². The monoisotopic (exact) mass is 589 g/mol. The summed E-state index contributed by atoms with van der Waals surface area (Å²) in [6.45, 7) is -0.493. The second kappa shape index (κ2) is 13.1. The van der Waals surface area contributed by atoms with Gasteiger partial charge in [0.1, 0.15) is 24.1 Å². The SMILES string of the molecule is O=c1nc(NCC2CCCCC2)ccn1[C@@H]1O[C@H](COP(=O)(O)OP(=O)(O)OCc2ccccc2)[C@H](O)C1O. The molecule has 0 spiro atoms. The van der Waals surface area contributed by atoms with Crippen LogP contribution < -0.4 is 11.0 Å². The molecular weight excluding hydrogens is 556 g/mol. The van der Waals surface area contributed by atoms with E-state index in [4.69, 9.17) is 13.8 Å². The highest BCUT2D eigenvalue weighted by atomic mass is 31.3. The van der Waals surface area contributed by atoms with Crippen LogP contribution in [0.25, 0.3) is 0 Å². The minimum Gasteiger partial charge on any atom is -0.387 e. The number of aliphatic hydroxyl groups is 2. The molecule has 2 fully saturated rings. The van der Waals surface area contributed by atoms with E-state index in [-0.39, 0.29) is 6.61 Å². The highest BCUT2D eigenvalue weighted by molar-refractivity contribution is 7.61. The number of benzene rings is 1. The van der Waals surface area contributed by atoms with Crippen LogP contribution in [-0.2, 0) is 33.8 Å². The third-order valence-corrected chi connectivity index (χ3v) is 9.17. The first-order chi connectivity index (χ1) is 18.5. The van der Waals surface area contributed by atoms with Gasteiger partial charge in [0, 0.05) is 12.7 Å². The largest absolute Gasteiger partial charge is 0.481 e. The minimum absolute atomic E-state index is 0.370. The molecule has 6 atom stereocenters. The molecule has 2 aromatic rings. The third kappa shape index (κ3) is 8.51. The minimum atomic E-state index is -5.16. The summed E-state index contributed by atoms with van der Waals surface area (Å²) in [5, 5.41) is 24.0. The average Bonchev–Trinajstić information content (AvgIpc) is 3.19. The first kappa shape index (κ1) is 30.0. The molecule has 4 rings (SSSR count). The topological polar surface area (TPSA) is 199 Å². The van der Waals surface area contributed by atoms with E-state index in [2.05, 4.69) is 14.6 Å². The Kier molecular flexibility index (Phi) is 10.1. The summed E-state index contributed by atoms with van der Waals surface area (Å²) in [6, 6.07) is 9.83. The van der Waals surface area contributed by atoms with E-state index in [9.17, 15) is 33.9 Å². The third-order valence-electron chi connectivity index (χ3n) is 6.58. The van der Waals surface area contributed by atoms with Gasteiger partial charge in [-0.2, -0.15) is 9.29 Å². The molecule has 1 aromatic heterocycles. The van der Waals surface area contributed by atoms with E-state index in [0.717, 1.165) is 17.4 Å². The van der Waals surface area contributed by atoms with Gasteiger partial charge in [0.25, 0.3) is 0 Å². The Bertz CT molecular complexity index is 1240. The number of hydrogen-bond donors (Lipinski definition) is 5. The number of ether oxygens (including phenoxy) is 1. The van der Waals surface area contributed by atoms with Gasteiger partial charge in [0.2, 0.25) is 0 Å². The first-order valence-electron chi connectivity index (χ1n) is 12.6. The molecule has 1 aliphatic carbocycles. The predicted molar refractivity (Wildman–Crippen MR) is 137 cm³/mol. The summed E-state index contributed by atoms with van der Waals surface area (Å²) in [5.74, 6) is 0.886. The summed E-state index contributed by atoms with van der Waals surface area (Å²) in [7, 11) is -10.2. The van der Waals surface area contributed by atoms with Crippen LogP contribution in [0.15, 0.2) is 47.4 Å². The molecule has 2 aliphatic rings. The summed E-state index contributed by atoms with van der Waals surface area (Å²) >= 11 is 0. The molecule has 216 valence electrons. The Labute approximate surface area is 224 Å². The number of hydrogen-bond acceptors (Lipinski definition) is 11. The van der Waals surface area contributed by atoms with Gasteiger partial charge < -0.3 is 30.1 Å². The summed E-state index contributed by atoms with van der Waals surface area (Å²) in [4.78, 5) is 36.2. The van der Waals surface area contributed by atoms with Crippen molar-refractivity contribution in [1.82, 2.24) is 9.55 Å². The molecule has 39 heavy (non-hydrogen) atoms. The van der Waals surface area contributed by atoms with Gasteiger partial charge in [0.05, 0.1) is 13.2 Å². The second-order valence-electron chi connectivity index (χ2n) is 9.51. The highest BCUT2D eigenvalue weighted by Crippen LogP contribution is 2.60. The van der Waals surface area contributed by atoms with Crippen LogP contribution in [0.5, 0.6) is 0 Å². The fourth-order valence-corrected chi connectivity index (χ4v) is 6.58. The molecule has 1 saturated heterocycles. The molecule has 2 heterocycles. The number of nitrogens with one attached hydrogen (secondary N) is 1. The maximum absolute atomic E-state index is 12.6. The molecule has 1 saturated carbocycles. The highest BCUT2D eigenvalue weighted by Gasteiger charge is 2.46. The Hall–Kier alpha value is -1.96. The lowest BCUT2D eigenvalue weighted by atomic mass is 9.89. The standard InChI is InChI=1S/C23H33N3O11P2/c27-20-18(15-35-39(32,33)37-38(30,31)34-14-17-9-5-2-6-10-17)36-22(21(20)28)26-12-11-19(25-23(26)29)24-13-16-7-3-1-4-8-16/h2,5-6,9-12,16,18,20-22,27-28H,1,3-4,7-8,13-15H2,(H,30,31)(H,32,33)(H,24,25,29)/t18-,20+,21?,22-/m1/s1. The molecule has 3 unspecified atom stereocenters. The van der Waals surface area contributed by atoms with Crippen molar-refractivity contribution in [3.63, 3.8) is 0 Å². The van der Waals surface area contributed by atoms with Crippen molar-refractivity contribution >= 4 is 21.5 Å². The number of anilines is 1. The quantitative estimate of drug-likeness (QED) is 0.226. The van der Waals surface area contributed by atoms with Crippen molar-refractivity contribution in [2.45, 2.75) is 63.3 Å². The first-order valence-corrected chi connectivity index (χ1v) is 15.6. The fourth-order valence-electron chi connectivity index (χ4n) is 4.52. The summed E-state index contributed by atoms with van der Waals surface area (Å²) in [5.41, 5.74) is -0.223. The number of rotatable bonds is 12. The smallest absolute Gasteiger partial charge is 0.387 e. The van der Waals surface area contributed by atoms with Gasteiger partial charge in [-0.05, 0) is 30.4 Å². The van der Waals surface area contributed by atoms with Crippen molar-refractivity contribution < 1.29 is 47.2 Å². The lowest BCUT2D eigenvalue weighted by Crippen LogP contribution is -2.36. The molecule has 14 nitrogen and oxygen atoms in total. The van der Waals surface area contributed by atoms with Crippen LogP contribution in [0.4, 0.5) is 5.82 Å². The molecular formula is C23H33N3O11P2. The van der Waals surface area contributed by atoms with Crippen molar-refractivity contribution in [2.24, 2.45) is 5.92 Å². The Morgan fingerprint density at radius 1 is 1.00 bits per heavy atom. The van der Waals surface area contributed by atoms with Crippen molar-refractivity contribution in [2.75, 3.05) is 18.5 Å². The average molecular weight is 589 g/mol. The van der Waals surface area contributed by atoms with Crippen LogP contribution in [0.1, 0.15) is 43.9 Å². The Morgan fingerprint density at radius 3 is 2.38 bits per heavy atom. The van der Waals surface area contributed by atoms with E-state index < -0.39 is 52.5 Å². The van der Waals surface area contributed by atoms with Crippen LogP contribution in [0, 0.1) is 5.92 Å². The van der Waals surface area contributed by atoms with Gasteiger partial charge in [-0.1, -0.05) is 49.6 Å². The van der Waals surface area contributed by atoms with E-state index in [0.29, 0.717) is 23.8 Å². The normalized spacial score (nSPS) is 27.1. The summed E-state index contributed by atoms with van der Waals surface area (Å²) in [6.07, 6.45) is 1.24. The van der Waals surface area contributed by atoms with Gasteiger partial charge >= 0.3 is 21.3 Å². The van der Waals surface area contributed by atoms with Gasteiger partial charge in [-0.3, -0.25) is 13.6 Å². The van der Waals surface area contributed by atoms with E-state index in [1.807, 2.05) is 0 Å². The van der Waals surface area contributed by atoms with E-state index >= 15 is 0 Å². The number of nitrogens with zero attached hydrogens (tertiary/aromatic N) is 2. The number of phosphoric ester groups is 2. The van der Waals surface area contributed by atoms with Crippen LogP contribution in [0.3, 0.4) is 0 Å². The predicted octanol–water partition coefficient (Wildman–Crippen LogP) is 2.31. The lowest BCUT2D eigenvalue weighted by Gasteiger charge is -2.22. The zero-order valence-corrected chi connectivity index (χ0v) is 22.8. The Balaban J connectivity index is 1.30. The molecule has 0 amide bonds.